The molecule has 0 saturated heterocycles. The third kappa shape index (κ3) is 5.91. The molecule has 21 heavy (non-hydrogen) atoms. The lowest BCUT2D eigenvalue weighted by Gasteiger charge is -2.19. The molecule has 0 aliphatic rings. The summed E-state index contributed by atoms with van der Waals surface area (Å²) in [5, 5.41) is 0. The second kappa shape index (κ2) is 9.59. The van der Waals surface area contributed by atoms with Gasteiger partial charge in [0.25, 0.3) is 0 Å². The van der Waals surface area contributed by atoms with E-state index >= 15 is 0 Å². The van der Waals surface area contributed by atoms with Crippen LogP contribution >= 0.6 is 0 Å². The number of rotatable bonds is 10. The fraction of sp³-hybridized carbons (Fsp3) is 0.632. The number of unbranched alkanes of at least 4 members (excludes halogenated alkanes) is 3. The minimum Gasteiger partial charge on any atom is -0.494 e. The van der Waals surface area contributed by atoms with E-state index in [-0.39, 0.29) is 5.92 Å². The Kier molecular flexibility index (Phi) is 8.11. The molecule has 0 radical (unpaired) electrons. The number of ketones is 1. The van der Waals surface area contributed by atoms with Crippen molar-refractivity contribution in [2.45, 2.75) is 65.7 Å². The van der Waals surface area contributed by atoms with Crippen molar-refractivity contribution in [3.63, 3.8) is 0 Å². The summed E-state index contributed by atoms with van der Waals surface area (Å²) in [6.45, 7) is 9.14. The summed E-state index contributed by atoms with van der Waals surface area (Å²) in [4.78, 5) is 12.1. The van der Waals surface area contributed by atoms with Crippen molar-refractivity contribution in [2.75, 3.05) is 6.61 Å². The number of carbonyl (C=O) groups excluding carboxylic acids is 1. The van der Waals surface area contributed by atoms with Crippen LogP contribution < -0.4 is 4.74 Å². The molecule has 1 aromatic rings. The van der Waals surface area contributed by atoms with E-state index in [0.29, 0.717) is 18.1 Å². The molecule has 2 heteroatoms. The number of Topliss-reactive ketones (excluding diaryl/α,β-unsaturated/α-hetero) is 1. The Labute approximate surface area is 129 Å². The SMILES string of the molecule is CCCCCCOc1ccc(C(C(=O)CC)C(C)C)cc1. The van der Waals surface area contributed by atoms with E-state index < -0.39 is 0 Å². The van der Waals surface area contributed by atoms with Gasteiger partial charge in [0.2, 0.25) is 0 Å². The zero-order valence-corrected chi connectivity index (χ0v) is 14.0. The first kappa shape index (κ1) is 17.7. The molecule has 0 amide bonds. The van der Waals surface area contributed by atoms with Gasteiger partial charge in [-0.1, -0.05) is 59.1 Å². The Bertz CT molecular complexity index is 406. The smallest absolute Gasteiger partial charge is 0.140 e. The molecule has 0 N–H and O–H groups in total. The van der Waals surface area contributed by atoms with Gasteiger partial charge in [-0.2, -0.15) is 0 Å². The summed E-state index contributed by atoms with van der Waals surface area (Å²) in [5.74, 6) is 1.56. The highest BCUT2D eigenvalue weighted by Crippen LogP contribution is 2.28. The van der Waals surface area contributed by atoms with Crippen LogP contribution in [0.3, 0.4) is 0 Å². The molecule has 0 aliphatic heterocycles. The van der Waals surface area contributed by atoms with Gasteiger partial charge in [0.05, 0.1) is 6.61 Å². The van der Waals surface area contributed by atoms with E-state index in [1.54, 1.807) is 0 Å². The molecule has 0 heterocycles. The molecule has 118 valence electrons. The van der Waals surface area contributed by atoms with Gasteiger partial charge >= 0.3 is 0 Å². The lowest BCUT2D eigenvalue weighted by molar-refractivity contribution is -0.121. The van der Waals surface area contributed by atoms with Gasteiger partial charge in [0.1, 0.15) is 11.5 Å². The predicted octanol–water partition coefficient (Wildman–Crippen LogP) is 5.36. The van der Waals surface area contributed by atoms with Crippen molar-refractivity contribution in [1.82, 2.24) is 0 Å². The van der Waals surface area contributed by atoms with Crippen LogP contribution in [0.4, 0.5) is 0 Å². The normalized spacial score (nSPS) is 12.4. The van der Waals surface area contributed by atoms with Gasteiger partial charge in [0, 0.05) is 12.3 Å². The molecular weight excluding hydrogens is 260 g/mol. The van der Waals surface area contributed by atoms with Crippen LogP contribution in [-0.4, -0.2) is 12.4 Å². The Morgan fingerprint density at radius 2 is 1.71 bits per heavy atom. The second-order valence-electron chi connectivity index (χ2n) is 6.02. The first-order valence-electron chi connectivity index (χ1n) is 8.35. The van der Waals surface area contributed by atoms with E-state index in [0.717, 1.165) is 24.3 Å². The molecule has 0 fully saturated rings. The van der Waals surface area contributed by atoms with Gasteiger partial charge in [-0.05, 0) is 30.0 Å². The third-order valence-electron chi connectivity index (χ3n) is 3.87. The van der Waals surface area contributed by atoms with Gasteiger partial charge in [0.15, 0.2) is 0 Å². The molecule has 1 atom stereocenters. The van der Waals surface area contributed by atoms with Crippen molar-refractivity contribution < 1.29 is 9.53 Å². The van der Waals surface area contributed by atoms with E-state index in [1.807, 2.05) is 31.2 Å². The minimum absolute atomic E-state index is 0.00797. The summed E-state index contributed by atoms with van der Waals surface area (Å²) in [6.07, 6.45) is 5.46. The highest BCUT2D eigenvalue weighted by Gasteiger charge is 2.22. The Balaban J connectivity index is 2.57. The fourth-order valence-electron chi connectivity index (χ4n) is 2.65. The lowest BCUT2D eigenvalue weighted by atomic mass is 9.84. The largest absolute Gasteiger partial charge is 0.494 e. The van der Waals surface area contributed by atoms with Crippen LogP contribution in [0.5, 0.6) is 5.75 Å². The Morgan fingerprint density at radius 3 is 2.24 bits per heavy atom. The number of hydrogen-bond acceptors (Lipinski definition) is 2. The molecule has 0 spiro atoms. The number of carbonyl (C=O) groups is 1. The van der Waals surface area contributed by atoms with Gasteiger partial charge in [-0.15, -0.1) is 0 Å². The van der Waals surface area contributed by atoms with Crippen LogP contribution in [0.15, 0.2) is 24.3 Å². The maximum atomic E-state index is 12.1. The number of ether oxygens (including phenoxy) is 1. The van der Waals surface area contributed by atoms with Crippen LogP contribution in [0.2, 0.25) is 0 Å². The summed E-state index contributed by atoms with van der Waals surface area (Å²) >= 11 is 0. The highest BCUT2D eigenvalue weighted by atomic mass is 16.5. The second-order valence-corrected chi connectivity index (χ2v) is 6.02. The van der Waals surface area contributed by atoms with Crippen LogP contribution in [0.25, 0.3) is 0 Å². The number of benzene rings is 1. The van der Waals surface area contributed by atoms with Crippen molar-refractivity contribution in [2.24, 2.45) is 5.92 Å². The summed E-state index contributed by atoms with van der Waals surface area (Å²) in [5.41, 5.74) is 1.11. The molecular formula is C19H30O2. The zero-order chi connectivity index (χ0) is 15.7. The molecule has 1 rings (SSSR count). The molecule has 0 aliphatic carbocycles. The molecule has 0 bridgehead atoms. The molecule has 2 nitrogen and oxygen atoms in total. The maximum absolute atomic E-state index is 12.1. The molecule has 1 aromatic carbocycles. The summed E-state index contributed by atoms with van der Waals surface area (Å²) < 4.78 is 5.75. The van der Waals surface area contributed by atoms with Crippen LogP contribution in [0.1, 0.15) is 71.3 Å². The quantitative estimate of drug-likeness (QED) is 0.542. The topological polar surface area (TPSA) is 26.3 Å². The van der Waals surface area contributed by atoms with Crippen molar-refractivity contribution in [1.29, 1.82) is 0 Å². The number of hydrogen-bond donors (Lipinski definition) is 0. The average Bonchev–Trinajstić information content (AvgIpc) is 2.48. The first-order chi connectivity index (χ1) is 10.1. The first-order valence-corrected chi connectivity index (χ1v) is 8.35. The van der Waals surface area contributed by atoms with Gasteiger partial charge < -0.3 is 4.74 Å². The minimum atomic E-state index is 0.00797. The fourth-order valence-corrected chi connectivity index (χ4v) is 2.65. The van der Waals surface area contributed by atoms with E-state index in [2.05, 4.69) is 20.8 Å². The predicted molar refractivity (Wildman–Crippen MR) is 89.0 cm³/mol. The lowest BCUT2D eigenvalue weighted by Crippen LogP contribution is -2.17. The van der Waals surface area contributed by atoms with Gasteiger partial charge in [-0.25, -0.2) is 0 Å². The zero-order valence-electron chi connectivity index (χ0n) is 14.0. The molecule has 0 saturated carbocycles. The van der Waals surface area contributed by atoms with Crippen LogP contribution in [-0.2, 0) is 4.79 Å². The van der Waals surface area contributed by atoms with E-state index in [9.17, 15) is 4.79 Å². The standard InChI is InChI=1S/C19H30O2/c1-5-7-8-9-14-21-17-12-10-16(11-13-17)19(15(3)4)18(20)6-2/h10-13,15,19H,5-9,14H2,1-4H3. The third-order valence-corrected chi connectivity index (χ3v) is 3.87. The maximum Gasteiger partial charge on any atom is 0.140 e. The van der Waals surface area contributed by atoms with E-state index in [1.165, 1.54) is 19.3 Å². The summed E-state index contributed by atoms with van der Waals surface area (Å²) in [7, 11) is 0. The van der Waals surface area contributed by atoms with E-state index in [4.69, 9.17) is 4.74 Å². The van der Waals surface area contributed by atoms with Crippen molar-refractivity contribution in [3.05, 3.63) is 29.8 Å². The highest BCUT2D eigenvalue weighted by molar-refractivity contribution is 5.85. The average molecular weight is 290 g/mol. The Hall–Kier alpha value is -1.31. The van der Waals surface area contributed by atoms with Gasteiger partial charge in [-0.3, -0.25) is 4.79 Å². The van der Waals surface area contributed by atoms with Crippen molar-refractivity contribution in [3.8, 4) is 5.75 Å². The van der Waals surface area contributed by atoms with Crippen molar-refractivity contribution >= 4 is 5.78 Å². The monoisotopic (exact) mass is 290 g/mol. The summed E-state index contributed by atoms with van der Waals surface area (Å²) in [6, 6.07) is 8.07. The molecule has 1 unspecified atom stereocenters. The van der Waals surface area contributed by atoms with Crippen LogP contribution in [0, 0.1) is 5.92 Å². The molecule has 0 aromatic heterocycles. The Morgan fingerprint density at radius 1 is 1.05 bits per heavy atom.